The highest BCUT2D eigenvalue weighted by Gasteiger charge is 1.85. The van der Waals surface area contributed by atoms with Crippen LogP contribution in [0.5, 0.6) is 0 Å². The third-order valence-electron chi connectivity index (χ3n) is 1.49. The van der Waals surface area contributed by atoms with Gasteiger partial charge in [-0.1, -0.05) is 19.4 Å². The van der Waals surface area contributed by atoms with Gasteiger partial charge in [-0.3, -0.25) is 0 Å². The molecule has 0 aliphatic carbocycles. The minimum atomic E-state index is 1.25. The summed E-state index contributed by atoms with van der Waals surface area (Å²) >= 11 is 3.69. The molecule has 0 aliphatic heterocycles. The summed E-state index contributed by atoms with van der Waals surface area (Å²) in [5.41, 5.74) is 0. The zero-order chi connectivity index (χ0) is 8.65. The van der Waals surface area contributed by atoms with E-state index in [-0.39, 0.29) is 0 Å². The first kappa shape index (κ1) is 9.87. The standard InChI is InChI=1S/C10H14S2/c1-2-3-7-11-9-6-10-5-4-8-12-10/h4-6,8-9H,2-3,7H2,1H3/b9-6+. The Morgan fingerprint density at radius 1 is 1.58 bits per heavy atom. The Kier molecular flexibility index (Phi) is 5.20. The van der Waals surface area contributed by atoms with Crippen molar-refractivity contribution < 1.29 is 0 Å². The lowest BCUT2D eigenvalue weighted by molar-refractivity contribution is 0.898. The molecule has 0 radical (unpaired) electrons. The molecule has 0 saturated heterocycles. The lowest BCUT2D eigenvalue weighted by Crippen LogP contribution is -1.71. The van der Waals surface area contributed by atoms with E-state index in [0.717, 1.165) is 0 Å². The molecular weight excluding hydrogens is 184 g/mol. The van der Waals surface area contributed by atoms with Crippen LogP contribution >= 0.6 is 23.1 Å². The van der Waals surface area contributed by atoms with E-state index in [1.54, 1.807) is 11.3 Å². The molecular formula is C10H14S2. The molecule has 2 heteroatoms. The highest BCUT2D eigenvalue weighted by Crippen LogP contribution is 2.14. The number of thioether (sulfide) groups is 1. The summed E-state index contributed by atoms with van der Waals surface area (Å²) in [6.45, 7) is 2.23. The number of unbranched alkanes of at least 4 members (excludes halogenated alkanes) is 1. The van der Waals surface area contributed by atoms with Crippen molar-refractivity contribution in [2.75, 3.05) is 5.75 Å². The molecule has 12 heavy (non-hydrogen) atoms. The molecule has 0 amide bonds. The van der Waals surface area contributed by atoms with Gasteiger partial charge in [0.1, 0.15) is 0 Å². The normalized spacial score (nSPS) is 11.1. The number of hydrogen-bond acceptors (Lipinski definition) is 2. The summed E-state index contributed by atoms with van der Waals surface area (Å²) in [5.74, 6) is 1.25. The third kappa shape index (κ3) is 3.98. The monoisotopic (exact) mass is 198 g/mol. The maximum atomic E-state index is 2.23. The minimum Gasteiger partial charge on any atom is -0.144 e. The second-order valence-corrected chi connectivity index (χ2v) is 4.54. The van der Waals surface area contributed by atoms with E-state index in [1.807, 2.05) is 11.8 Å². The fourth-order valence-electron chi connectivity index (χ4n) is 0.797. The fraction of sp³-hybridized carbons (Fsp3) is 0.400. The van der Waals surface area contributed by atoms with Gasteiger partial charge < -0.3 is 0 Å². The first-order valence-corrected chi connectivity index (χ1v) is 6.18. The Balaban J connectivity index is 2.14. The average Bonchev–Trinajstić information content (AvgIpc) is 2.57. The van der Waals surface area contributed by atoms with Crippen molar-refractivity contribution in [2.45, 2.75) is 19.8 Å². The van der Waals surface area contributed by atoms with Gasteiger partial charge in [0.15, 0.2) is 0 Å². The van der Waals surface area contributed by atoms with Gasteiger partial charge in [0, 0.05) is 4.88 Å². The summed E-state index contributed by atoms with van der Waals surface area (Å²) in [4.78, 5) is 1.35. The SMILES string of the molecule is CCCCS/C=C/c1cccs1. The van der Waals surface area contributed by atoms with E-state index >= 15 is 0 Å². The van der Waals surface area contributed by atoms with Gasteiger partial charge in [-0.2, -0.15) is 0 Å². The van der Waals surface area contributed by atoms with Crippen molar-refractivity contribution in [1.29, 1.82) is 0 Å². The lowest BCUT2D eigenvalue weighted by Gasteiger charge is -1.90. The molecule has 0 unspecified atom stereocenters. The van der Waals surface area contributed by atoms with Crippen molar-refractivity contribution >= 4 is 29.2 Å². The predicted molar refractivity (Wildman–Crippen MR) is 60.7 cm³/mol. The van der Waals surface area contributed by atoms with Crippen molar-refractivity contribution in [3.05, 3.63) is 27.8 Å². The van der Waals surface area contributed by atoms with E-state index in [2.05, 4.69) is 35.9 Å². The van der Waals surface area contributed by atoms with Crippen LogP contribution in [0.25, 0.3) is 6.08 Å². The van der Waals surface area contributed by atoms with Crippen LogP contribution in [0.2, 0.25) is 0 Å². The molecule has 1 heterocycles. The van der Waals surface area contributed by atoms with Crippen LogP contribution in [0, 0.1) is 0 Å². The van der Waals surface area contributed by atoms with E-state index in [4.69, 9.17) is 0 Å². The fourth-order valence-corrected chi connectivity index (χ4v) is 2.34. The molecule has 0 bridgehead atoms. The van der Waals surface area contributed by atoms with Crippen LogP contribution in [0.4, 0.5) is 0 Å². The zero-order valence-electron chi connectivity index (χ0n) is 7.32. The second kappa shape index (κ2) is 6.32. The van der Waals surface area contributed by atoms with Gasteiger partial charge in [-0.25, -0.2) is 0 Å². The van der Waals surface area contributed by atoms with Gasteiger partial charge in [0.25, 0.3) is 0 Å². The molecule has 0 N–H and O–H groups in total. The van der Waals surface area contributed by atoms with Crippen LogP contribution < -0.4 is 0 Å². The Morgan fingerprint density at radius 2 is 2.50 bits per heavy atom. The van der Waals surface area contributed by atoms with E-state index < -0.39 is 0 Å². The number of thiophene rings is 1. The maximum Gasteiger partial charge on any atom is 0.0275 e. The average molecular weight is 198 g/mol. The van der Waals surface area contributed by atoms with Crippen LogP contribution in [0.3, 0.4) is 0 Å². The molecule has 1 aromatic heterocycles. The molecule has 1 rings (SSSR count). The topological polar surface area (TPSA) is 0 Å². The predicted octanol–water partition coefficient (Wildman–Crippen LogP) is 4.25. The Bertz CT molecular complexity index is 212. The second-order valence-electron chi connectivity index (χ2n) is 2.54. The summed E-state index contributed by atoms with van der Waals surface area (Å²) in [6, 6.07) is 4.22. The molecule has 0 aliphatic rings. The van der Waals surface area contributed by atoms with Gasteiger partial charge >= 0.3 is 0 Å². The molecule has 0 aromatic carbocycles. The highest BCUT2D eigenvalue weighted by molar-refractivity contribution is 8.02. The molecule has 0 saturated carbocycles. The molecule has 0 atom stereocenters. The van der Waals surface area contributed by atoms with E-state index in [9.17, 15) is 0 Å². The van der Waals surface area contributed by atoms with Crippen molar-refractivity contribution in [2.24, 2.45) is 0 Å². The van der Waals surface area contributed by atoms with Gasteiger partial charge in [-0.15, -0.1) is 23.1 Å². The van der Waals surface area contributed by atoms with E-state index in [1.165, 1.54) is 23.5 Å². The molecule has 66 valence electrons. The number of hydrogen-bond donors (Lipinski definition) is 0. The lowest BCUT2D eigenvalue weighted by atomic mass is 10.4. The minimum absolute atomic E-state index is 1.25. The van der Waals surface area contributed by atoms with E-state index in [0.29, 0.717) is 0 Å². The van der Waals surface area contributed by atoms with Crippen molar-refractivity contribution in [3.8, 4) is 0 Å². The summed E-state index contributed by atoms with van der Waals surface area (Å²) < 4.78 is 0. The zero-order valence-corrected chi connectivity index (χ0v) is 8.96. The first-order chi connectivity index (χ1) is 5.93. The summed E-state index contributed by atoms with van der Waals surface area (Å²) in [7, 11) is 0. The highest BCUT2D eigenvalue weighted by atomic mass is 32.2. The van der Waals surface area contributed by atoms with Crippen LogP contribution in [0.15, 0.2) is 22.9 Å². The third-order valence-corrected chi connectivity index (χ3v) is 3.18. The van der Waals surface area contributed by atoms with Gasteiger partial charge in [0.05, 0.1) is 0 Å². The number of rotatable bonds is 5. The molecule has 0 nitrogen and oxygen atoms in total. The molecule has 0 fully saturated rings. The van der Waals surface area contributed by atoms with Crippen molar-refractivity contribution in [3.63, 3.8) is 0 Å². The van der Waals surface area contributed by atoms with Crippen LogP contribution in [-0.4, -0.2) is 5.75 Å². The molecule has 1 aromatic rings. The summed E-state index contributed by atoms with van der Waals surface area (Å²) in [5, 5.41) is 4.30. The molecule has 0 spiro atoms. The Morgan fingerprint density at radius 3 is 3.17 bits per heavy atom. The van der Waals surface area contributed by atoms with Crippen LogP contribution in [-0.2, 0) is 0 Å². The van der Waals surface area contributed by atoms with Crippen molar-refractivity contribution in [1.82, 2.24) is 0 Å². The Hall–Kier alpha value is -0.210. The quantitative estimate of drug-likeness (QED) is 0.637. The van der Waals surface area contributed by atoms with Gasteiger partial charge in [0.2, 0.25) is 0 Å². The van der Waals surface area contributed by atoms with Gasteiger partial charge in [-0.05, 0) is 35.1 Å². The largest absolute Gasteiger partial charge is 0.144 e. The van der Waals surface area contributed by atoms with Crippen LogP contribution in [0.1, 0.15) is 24.6 Å². The smallest absolute Gasteiger partial charge is 0.0275 e. The maximum absolute atomic E-state index is 2.23. The summed E-state index contributed by atoms with van der Waals surface area (Å²) in [6.07, 6.45) is 4.80. The Labute approximate surface area is 82.7 Å². The first-order valence-electron chi connectivity index (χ1n) is 4.25.